The fourth-order valence-electron chi connectivity index (χ4n) is 2.61. The van der Waals surface area contributed by atoms with Crippen LogP contribution < -0.4 is 0 Å². The first-order chi connectivity index (χ1) is 5.79. The highest BCUT2D eigenvalue weighted by Gasteiger charge is 2.37. The smallest absolute Gasteiger partial charge is 0.307 e. The van der Waals surface area contributed by atoms with Crippen LogP contribution in [0.4, 0.5) is 0 Å². The molecule has 0 heterocycles. The van der Waals surface area contributed by atoms with E-state index in [0.717, 1.165) is 12.8 Å². The van der Waals surface area contributed by atoms with E-state index in [4.69, 9.17) is 5.11 Å². The molecule has 0 unspecified atom stereocenters. The van der Waals surface area contributed by atoms with Gasteiger partial charge in [-0.1, -0.05) is 18.6 Å². The molecule has 0 aliphatic heterocycles. The largest absolute Gasteiger partial charge is 0.481 e. The van der Waals surface area contributed by atoms with Crippen molar-refractivity contribution in [1.82, 2.24) is 0 Å². The molecule has 0 aromatic carbocycles. The molecule has 0 amide bonds. The van der Waals surface area contributed by atoms with Gasteiger partial charge in [0.15, 0.2) is 0 Å². The maximum atomic E-state index is 10.9. The summed E-state index contributed by atoms with van der Waals surface area (Å²) in [6.45, 7) is 0. The molecule has 0 spiro atoms. The van der Waals surface area contributed by atoms with E-state index in [1.165, 1.54) is 12.8 Å². The second-order valence-corrected chi connectivity index (χ2v) is 3.87. The van der Waals surface area contributed by atoms with Crippen LogP contribution in [0.3, 0.4) is 0 Å². The van der Waals surface area contributed by atoms with Crippen molar-refractivity contribution in [2.45, 2.75) is 25.7 Å². The molecule has 3 atom stereocenters. The SMILES string of the molecule is O=C(O)[C@H]1CC=C[C@@H]2CCC[C@@H]21. The summed E-state index contributed by atoms with van der Waals surface area (Å²) in [7, 11) is 0. The van der Waals surface area contributed by atoms with Gasteiger partial charge in [-0.3, -0.25) is 4.79 Å². The number of aliphatic carboxylic acids is 1. The van der Waals surface area contributed by atoms with E-state index in [9.17, 15) is 4.79 Å². The maximum Gasteiger partial charge on any atom is 0.307 e. The van der Waals surface area contributed by atoms with Gasteiger partial charge < -0.3 is 5.11 Å². The van der Waals surface area contributed by atoms with Crippen LogP contribution in [0.2, 0.25) is 0 Å². The first-order valence-corrected chi connectivity index (χ1v) is 4.68. The zero-order chi connectivity index (χ0) is 8.55. The van der Waals surface area contributed by atoms with Gasteiger partial charge in [0.2, 0.25) is 0 Å². The molecule has 2 heteroatoms. The van der Waals surface area contributed by atoms with Crippen LogP contribution in [0.25, 0.3) is 0 Å². The predicted molar refractivity (Wildman–Crippen MR) is 45.7 cm³/mol. The molecular weight excluding hydrogens is 152 g/mol. The Bertz CT molecular complexity index is 220. The Labute approximate surface area is 72.3 Å². The molecule has 66 valence electrons. The molecule has 12 heavy (non-hydrogen) atoms. The molecule has 2 rings (SSSR count). The van der Waals surface area contributed by atoms with Crippen LogP contribution in [0.15, 0.2) is 12.2 Å². The average molecular weight is 166 g/mol. The maximum absolute atomic E-state index is 10.9. The number of carbonyl (C=O) groups is 1. The highest BCUT2D eigenvalue weighted by molar-refractivity contribution is 5.71. The summed E-state index contributed by atoms with van der Waals surface area (Å²) >= 11 is 0. The van der Waals surface area contributed by atoms with Crippen molar-refractivity contribution >= 4 is 5.97 Å². The quantitative estimate of drug-likeness (QED) is 0.605. The third-order valence-electron chi connectivity index (χ3n) is 3.23. The Morgan fingerprint density at radius 2 is 2.25 bits per heavy atom. The minimum atomic E-state index is -0.601. The molecule has 0 saturated heterocycles. The number of fused-ring (bicyclic) bond motifs is 1. The van der Waals surface area contributed by atoms with Crippen molar-refractivity contribution in [3.05, 3.63) is 12.2 Å². The van der Waals surface area contributed by atoms with Crippen molar-refractivity contribution in [2.75, 3.05) is 0 Å². The van der Waals surface area contributed by atoms with Crippen LogP contribution >= 0.6 is 0 Å². The average Bonchev–Trinajstić information content (AvgIpc) is 2.49. The molecule has 0 aromatic heterocycles. The van der Waals surface area contributed by atoms with Gasteiger partial charge in [0.1, 0.15) is 0 Å². The Balaban J connectivity index is 2.16. The molecule has 1 saturated carbocycles. The van der Waals surface area contributed by atoms with Crippen LogP contribution in [0.5, 0.6) is 0 Å². The van der Waals surface area contributed by atoms with Gasteiger partial charge in [0, 0.05) is 0 Å². The molecule has 0 aromatic rings. The van der Waals surface area contributed by atoms with E-state index in [1.54, 1.807) is 0 Å². The lowest BCUT2D eigenvalue weighted by atomic mass is 9.78. The van der Waals surface area contributed by atoms with Crippen LogP contribution in [-0.2, 0) is 4.79 Å². The van der Waals surface area contributed by atoms with Crippen molar-refractivity contribution in [1.29, 1.82) is 0 Å². The van der Waals surface area contributed by atoms with Gasteiger partial charge >= 0.3 is 5.97 Å². The zero-order valence-corrected chi connectivity index (χ0v) is 7.07. The lowest BCUT2D eigenvalue weighted by molar-refractivity contribution is -0.144. The monoisotopic (exact) mass is 166 g/mol. The Morgan fingerprint density at radius 1 is 1.42 bits per heavy atom. The summed E-state index contributed by atoms with van der Waals surface area (Å²) in [4.78, 5) is 10.9. The predicted octanol–water partition coefficient (Wildman–Crippen LogP) is 2.06. The summed E-state index contributed by atoms with van der Waals surface area (Å²) in [5.74, 6) is 0.311. The molecule has 2 aliphatic rings. The van der Waals surface area contributed by atoms with Gasteiger partial charge in [0.05, 0.1) is 5.92 Å². The van der Waals surface area contributed by atoms with Gasteiger partial charge in [-0.2, -0.15) is 0 Å². The van der Waals surface area contributed by atoms with E-state index in [1.807, 2.05) is 6.08 Å². The summed E-state index contributed by atoms with van der Waals surface area (Å²) < 4.78 is 0. The van der Waals surface area contributed by atoms with E-state index < -0.39 is 5.97 Å². The van der Waals surface area contributed by atoms with Gasteiger partial charge in [-0.25, -0.2) is 0 Å². The van der Waals surface area contributed by atoms with Gasteiger partial charge in [-0.15, -0.1) is 0 Å². The van der Waals surface area contributed by atoms with Crippen LogP contribution in [0, 0.1) is 17.8 Å². The van der Waals surface area contributed by atoms with Crippen molar-refractivity contribution in [2.24, 2.45) is 17.8 Å². The number of hydrogen-bond donors (Lipinski definition) is 1. The number of carboxylic acid groups (broad SMARTS) is 1. The van der Waals surface area contributed by atoms with Crippen LogP contribution in [0.1, 0.15) is 25.7 Å². The zero-order valence-electron chi connectivity index (χ0n) is 7.07. The third-order valence-corrected chi connectivity index (χ3v) is 3.23. The van der Waals surface area contributed by atoms with E-state index in [2.05, 4.69) is 6.08 Å². The Kier molecular flexibility index (Phi) is 1.91. The topological polar surface area (TPSA) is 37.3 Å². The molecule has 2 aliphatic carbocycles. The highest BCUT2D eigenvalue weighted by Crippen LogP contribution is 2.42. The molecule has 1 N–H and O–H groups in total. The van der Waals surface area contributed by atoms with E-state index >= 15 is 0 Å². The number of rotatable bonds is 1. The Hall–Kier alpha value is -0.790. The second-order valence-electron chi connectivity index (χ2n) is 3.87. The van der Waals surface area contributed by atoms with Gasteiger partial charge in [0.25, 0.3) is 0 Å². The molecule has 0 bridgehead atoms. The molecule has 2 nitrogen and oxygen atoms in total. The van der Waals surface area contributed by atoms with Gasteiger partial charge in [-0.05, 0) is 31.1 Å². The van der Waals surface area contributed by atoms with Crippen LogP contribution in [-0.4, -0.2) is 11.1 Å². The van der Waals surface area contributed by atoms with E-state index in [-0.39, 0.29) is 5.92 Å². The summed E-state index contributed by atoms with van der Waals surface area (Å²) in [5, 5.41) is 8.95. The summed E-state index contributed by atoms with van der Waals surface area (Å²) in [6, 6.07) is 0. The lowest BCUT2D eigenvalue weighted by Crippen LogP contribution is -2.27. The first kappa shape index (κ1) is 7.84. The summed E-state index contributed by atoms with van der Waals surface area (Å²) in [6.07, 6.45) is 8.54. The minimum absolute atomic E-state index is 0.0949. The molecular formula is C10H14O2. The number of allylic oxidation sites excluding steroid dienone is 2. The highest BCUT2D eigenvalue weighted by atomic mass is 16.4. The fraction of sp³-hybridized carbons (Fsp3) is 0.700. The minimum Gasteiger partial charge on any atom is -0.481 e. The number of hydrogen-bond acceptors (Lipinski definition) is 1. The number of carboxylic acids is 1. The van der Waals surface area contributed by atoms with Crippen molar-refractivity contribution < 1.29 is 9.90 Å². The second kappa shape index (κ2) is 2.92. The van der Waals surface area contributed by atoms with Crippen molar-refractivity contribution in [3.63, 3.8) is 0 Å². The standard InChI is InChI=1S/C10H14O2/c11-10(12)9-6-2-4-7-3-1-5-8(7)9/h2,4,7-9H,1,3,5-6H2,(H,11,12)/t7-,8-,9-/m0/s1. The normalized spacial score (nSPS) is 39.5. The summed E-state index contributed by atoms with van der Waals surface area (Å²) in [5.41, 5.74) is 0. The Morgan fingerprint density at radius 3 is 3.00 bits per heavy atom. The first-order valence-electron chi connectivity index (χ1n) is 4.68. The fourth-order valence-corrected chi connectivity index (χ4v) is 2.61. The lowest BCUT2D eigenvalue weighted by Gasteiger charge is -2.26. The third kappa shape index (κ3) is 1.15. The van der Waals surface area contributed by atoms with E-state index in [0.29, 0.717) is 11.8 Å². The molecule has 1 fully saturated rings. The van der Waals surface area contributed by atoms with Crippen molar-refractivity contribution in [3.8, 4) is 0 Å². The molecule has 0 radical (unpaired) electrons.